The van der Waals surface area contributed by atoms with Crippen LogP contribution in [0.3, 0.4) is 0 Å². The van der Waals surface area contributed by atoms with Crippen LogP contribution in [0.25, 0.3) is 10.8 Å². The summed E-state index contributed by atoms with van der Waals surface area (Å²) in [6, 6.07) is 22.8. The van der Waals surface area contributed by atoms with Crippen molar-refractivity contribution in [3.05, 3.63) is 112 Å². The molecule has 4 amide bonds. The third kappa shape index (κ3) is 4.82. The van der Waals surface area contributed by atoms with Crippen LogP contribution in [0.15, 0.2) is 90.5 Å². The molecule has 2 saturated heterocycles. The fourth-order valence-electron chi connectivity index (χ4n) is 9.41. The van der Waals surface area contributed by atoms with Gasteiger partial charge in [-0.2, -0.15) is 5.01 Å². The van der Waals surface area contributed by atoms with Crippen molar-refractivity contribution >= 4 is 63.3 Å². The van der Waals surface area contributed by atoms with Gasteiger partial charge in [0, 0.05) is 21.9 Å². The van der Waals surface area contributed by atoms with E-state index in [0.29, 0.717) is 39.2 Å². The van der Waals surface area contributed by atoms with E-state index >= 15 is 4.79 Å². The molecule has 9 nitrogen and oxygen atoms in total. The van der Waals surface area contributed by atoms with E-state index in [1.54, 1.807) is 37.4 Å². The number of hydrazine groups is 1. The van der Waals surface area contributed by atoms with Gasteiger partial charge in [-0.15, -0.1) is 0 Å². The van der Waals surface area contributed by atoms with Crippen LogP contribution in [-0.4, -0.2) is 51.3 Å². The van der Waals surface area contributed by atoms with Crippen molar-refractivity contribution in [3.63, 3.8) is 0 Å². The number of likely N-dealkylation sites (tertiary alicyclic amines) is 1. The van der Waals surface area contributed by atoms with Gasteiger partial charge in [-0.05, 0) is 92.4 Å². The highest BCUT2D eigenvalue weighted by Gasteiger charge is 2.70. The highest BCUT2D eigenvalue weighted by Crippen LogP contribution is 2.65. The zero-order valence-electron chi connectivity index (χ0n) is 29.0. The molecule has 0 bridgehead atoms. The second kappa shape index (κ2) is 12.1. The molecule has 0 unspecified atom stereocenters. The second-order valence-corrected chi connectivity index (χ2v) is 16.0. The third-order valence-electron chi connectivity index (χ3n) is 11.5. The Morgan fingerprint density at radius 3 is 2.25 bits per heavy atom. The largest absolute Gasteiger partial charge is 0.507 e. The molecule has 4 aromatic rings. The van der Waals surface area contributed by atoms with Crippen LogP contribution >= 0.6 is 23.2 Å². The molecule has 11 heteroatoms. The standard InChI is InChI=1S/C41H37Cl2N3O6/c1-40(2,3)45-36(48)28-15-14-27-29(34(28)38(45)50)20-30-37(49)46(44-32-17-11-22(42)19-31(32)43)39(51)41(30,21-9-12-23(52-4)13-10-21)35(27)26-16-18-33(47)25-8-6-5-7-24(25)26/h5-14,16-19,28-30,34-35,44,47H,15,20H2,1-4H3/t28-,29+,30-,34-,35-,41+/m0/s1. The molecule has 0 spiro atoms. The van der Waals surface area contributed by atoms with Crippen LogP contribution in [0.1, 0.15) is 50.7 Å². The van der Waals surface area contributed by atoms with Gasteiger partial charge < -0.3 is 9.84 Å². The number of phenols is 1. The van der Waals surface area contributed by atoms with Gasteiger partial charge in [0.1, 0.15) is 11.5 Å². The third-order valence-corrected chi connectivity index (χ3v) is 12.0. The number of benzene rings is 4. The van der Waals surface area contributed by atoms with Gasteiger partial charge in [0.2, 0.25) is 11.8 Å². The number of hydrogen-bond acceptors (Lipinski definition) is 7. The minimum Gasteiger partial charge on any atom is -0.507 e. The number of carbonyl (C=O) groups is 4. The number of phenolic OH excluding ortho intramolecular Hbond substituents is 1. The topological polar surface area (TPSA) is 116 Å². The molecule has 0 aromatic heterocycles. The molecule has 0 radical (unpaired) electrons. The molecule has 6 atom stereocenters. The Balaban J connectivity index is 1.40. The quantitative estimate of drug-likeness (QED) is 0.160. The number of imide groups is 2. The molecule has 4 aliphatic rings. The molecule has 8 rings (SSSR count). The first-order valence-corrected chi connectivity index (χ1v) is 18.1. The zero-order valence-corrected chi connectivity index (χ0v) is 30.5. The average molecular weight is 739 g/mol. The number of aromatic hydroxyl groups is 1. The van der Waals surface area contributed by atoms with E-state index in [0.717, 1.165) is 16.1 Å². The van der Waals surface area contributed by atoms with Crippen LogP contribution in [-0.2, 0) is 24.6 Å². The Morgan fingerprint density at radius 1 is 0.865 bits per heavy atom. The summed E-state index contributed by atoms with van der Waals surface area (Å²) in [6.07, 6.45) is 2.49. The monoisotopic (exact) mass is 737 g/mol. The predicted molar refractivity (Wildman–Crippen MR) is 198 cm³/mol. The number of hydrogen-bond donors (Lipinski definition) is 2. The smallest absolute Gasteiger partial charge is 0.260 e. The lowest BCUT2D eigenvalue weighted by atomic mass is 9.49. The first-order valence-electron chi connectivity index (χ1n) is 17.3. The maximum Gasteiger partial charge on any atom is 0.260 e. The van der Waals surface area contributed by atoms with E-state index in [2.05, 4.69) is 5.43 Å². The summed E-state index contributed by atoms with van der Waals surface area (Å²) in [4.78, 5) is 60.2. The number of anilines is 1. The van der Waals surface area contributed by atoms with Gasteiger partial charge in [-0.3, -0.25) is 29.5 Å². The summed E-state index contributed by atoms with van der Waals surface area (Å²) in [6.45, 7) is 5.54. The van der Waals surface area contributed by atoms with E-state index in [-0.39, 0.29) is 29.0 Å². The number of nitrogens with one attached hydrogen (secondary N) is 1. The van der Waals surface area contributed by atoms with Crippen LogP contribution in [0, 0.1) is 23.7 Å². The molecule has 4 aromatic carbocycles. The number of nitrogens with zero attached hydrogens (tertiary/aromatic N) is 2. The minimum absolute atomic E-state index is 0.0753. The first kappa shape index (κ1) is 34.2. The van der Waals surface area contributed by atoms with Crippen LogP contribution in [0.4, 0.5) is 5.69 Å². The molecule has 2 N–H and O–H groups in total. The van der Waals surface area contributed by atoms with E-state index in [1.165, 1.54) is 11.0 Å². The number of methoxy groups -OCH3 is 1. The molecule has 266 valence electrons. The average Bonchev–Trinajstić information content (AvgIpc) is 3.51. The number of halogens is 2. The lowest BCUT2D eigenvalue weighted by molar-refractivity contribution is -0.146. The summed E-state index contributed by atoms with van der Waals surface area (Å²) < 4.78 is 5.50. The van der Waals surface area contributed by atoms with E-state index in [4.69, 9.17) is 27.9 Å². The normalized spacial score (nSPS) is 27.0. The molecular weight excluding hydrogens is 701 g/mol. The van der Waals surface area contributed by atoms with Gasteiger partial charge in [-0.25, -0.2) is 0 Å². The molecular formula is C41H37Cl2N3O6. The fraction of sp³-hybridized carbons (Fsp3) is 0.317. The van der Waals surface area contributed by atoms with Crippen molar-refractivity contribution in [3.8, 4) is 11.5 Å². The van der Waals surface area contributed by atoms with E-state index < -0.39 is 52.4 Å². The fourth-order valence-corrected chi connectivity index (χ4v) is 9.86. The predicted octanol–water partition coefficient (Wildman–Crippen LogP) is 7.64. The molecule has 2 heterocycles. The maximum atomic E-state index is 15.5. The van der Waals surface area contributed by atoms with Crippen molar-refractivity contribution in [2.24, 2.45) is 23.7 Å². The Hall–Kier alpha value is -4.86. The number of ether oxygens (including phenoxy) is 1. The van der Waals surface area contributed by atoms with Crippen molar-refractivity contribution in [2.75, 3.05) is 12.5 Å². The van der Waals surface area contributed by atoms with Crippen LogP contribution in [0.5, 0.6) is 11.5 Å². The SMILES string of the molecule is COc1ccc([C@@]23C(=O)N(Nc4ccc(Cl)cc4Cl)C(=O)[C@@H]2C[C@@H]2C(=CC[C@@H]4C(=O)N(C(C)(C)C)C(=O)[C@@H]42)[C@@H]3c2ccc(O)c3ccccc23)cc1. The van der Waals surface area contributed by atoms with Gasteiger partial charge in [0.25, 0.3) is 11.8 Å². The lowest BCUT2D eigenvalue weighted by Gasteiger charge is -2.51. The number of amides is 4. The first-order chi connectivity index (χ1) is 24.8. The molecule has 3 fully saturated rings. The maximum absolute atomic E-state index is 15.5. The van der Waals surface area contributed by atoms with Crippen molar-refractivity contribution < 1.29 is 29.0 Å². The second-order valence-electron chi connectivity index (χ2n) is 15.1. The van der Waals surface area contributed by atoms with Crippen molar-refractivity contribution in [2.45, 2.75) is 50.5 Å². The zero-order chi connectivity index (χ0) is 36.9. The number of rotatable bonds is 5. The molecule has 1 saturated carbocycles. The number of allylic oxidation sites excluding steroid dienone is 2. The minimum atomic E-state index is -1.51. The van der Waals surface area contributed by atoms with Crippen LogP contribution in [0.2, 0.25) is 10.0 Å². The summed E-state index contributed by atoms with van der Waals surface area (Å²) in [5, 5.41) is 14.0. The van der Waals surface area contributed by atoms with Gasteiger partial charge >= 0.3 is 0 Å². The number of carbonyl (C=O) groups excluding carboxylic acids is 4. The number of fused-ring (bicyclic) bond motifs is 5. The lowest BCUT2D eigenvalue weighted by Crippen LogP contribution is -2.53. The molecule has 2 aliphatic carbocycles. The van der Waals surface area contributed by atoms with Crippen LogP contribution < -0.4 is 10.2 Å². The van der Waals surface area contributed by atoms with E-state index in [1.807, 2.05) is 69.3 Å². The molecule has 2 aliphatic heterocycles. The Morgan fingerprint density at radius 2 is 1.58 bits per heavy atom. The van der Waals surface area contributed by atoms with Gasteiger partial charge in [0.05, 0.1) is 41.0 Å². The Bertz CT molecular complexity index is 2230. The summed E-state index contributed by atoms with van der Waals surface area (Å²) in [7, 11) is 1.56. The van der Waals surface area contributed by atoms with Crippen molar-refractivity contribution in [1.29, 1.82) is 0 Å². The highest BCUT2D eigenvalue weighted by atomic mass is 35.5. The summed E-state index contributed by atoms with van der Waals surface area (Å²) >= 11 is 12.8. The Labute approximate surface area is 311 Å². The van der Waals surface area contributed by atoms with Crippen molar-refractivity contribution in [1.82, 2.24) is 9.91 Å². The van der Waals surface area contributed by atoms with Gasteiger partial charge in [0.15, 0.2) is 0 Å². The summed E-state index contributed by atoms with van der Waals surface area (Å²) in [5.74, 6) is -4.34. The Kier molecular flexibility index (Phi) is 7.97. The molecule has 52 heavy (non-hydrogen) atoms. The van der Waals surface area contributed by atoms with E-state index in [9.17, 15) is 19.5 Å². The van der Waals surface area contributed by atoms with Gasteiger partial charge in [-0.1, -0.05) is 77.3 Å². The summed E-state index contributed by atoms with van der Waals surface area (Å²) in [5.41, 5.74) is 3.24. The highest BCUT2D eigenvalue weighted by molar-refractivity contribution is 6.36.